The SMILES string of the molecule is C[C@@H](Cn1cncn1)Oc1cc(-c2ccnc(Nc3cn(C4CCC(N5CCOCC5)CC4)nc3OCc3ncco3)n2)ccc1Cl. The molecule has 246 valence electrons. The van der Waals surface area contributed by atoms with Gasteiger partial charge in [-0.15, -0.1) is 5.10 Å². The first-order valence-corrected chi connectivity index (χ1v) is 16.3. The van der Waals surface area contributed by atoms with Crippen LogP contribution in [0.2, 0.25) is 5.02 Å². The number of benzene rings is 1. The average Bonchev–Trinajstić information content (AvgIpc) is 3.89. The molecule has 15 heteroatoms. The van der Waals surface area contributed by atoms with Gasteiger partial charge in [-0.2, -0.15) is 5.10 Å². The number of oxazole rings is 1. The van der Waals surface area contributed by atoms with E-state index in [4.69, 9.17) is 40.3 Å². The van der Waals surface area contributed by atoms with Crippen LogP contribution >= 0.6 is 11.6 Å². The second-order valence-electron chi connectivity index (χ2n) is 11.7. The molecular formula is C32H37ClN10O4. The van der Waals surface area contributed by atoms with Crippen molar-refractivity contribution in [3.8, 4) is 22.9 Å². The first-order chi connectivity index (χ1) is 23.1. The second-order valence-corrected chi connectivity index (χ2v) is 12.1. The molecule has 2 aliphatic rings. The topological polar surface area (TPSA) is 143 Å². The van der Waals surface area contributed by atoms with Gasteiger partial charge in [-0.1, -0.05) is 17.7 Å². The third-order valence-corrected chi connectivity index (χ3v) is 8.80. The molecule has 47 heavy (non-hydrogen) atoms. The number of hydrogen-bond donors (Lipinski definition) is 1. The molecule has 2 fully saturated rings. The normalized spacial score (nSPS) is 19.4. The minimum absolute atomic E-state index is 0.145. The fraction of sp³-hybridized carbons (Fsp3) is 0.438. The van der Waals surface area contributed by atoms with E-state index in [-0.39, 0.29) is 18.8 Å². The maximum atomic E-state index is 6.50. The van der Waals surface area contributed by atoms with Crippen LogP contribution < -0.4 is 14.8 Å². The molecule has 0 amide bonds. The Labute approximate surface area is 277 Å². The van der Waals surface area contributed by atoms with Crippen LogP contribution in [0.3, 0.4) is 0 Å². The number of anilines is 2. The van der Waals surface area contributed by atoms with Crippen LogP contribution in [0, 0.1) is 0 Å². The van der Waals surface area contributed by atoms with Gasteiger partial charge in [0.2, 0.25) is 11.8 Å². The summed E-state index contributed by atoms with van der Waals surface area (Å²) in [5.74, 6) is 1.84. The Morgan fingerprint density at radius 1 is 1.06 bits per heavy atom. The zero-order chi connectivity index (χ0) is 32.0. The summed E-state index contributed by atoms with van der Waals surface area (Å²) in [4.78, 5) is 20.0. The maximum Gasteiger partial charge on any atom is 0.257 e. The minimum atomic E-state index is -0.187. The van der Waals surface area contributed by atoms with Crippen molar-refractivity contribution < 1.29 is 18.6 Å². The van der Waals surface area contributed by atoms with Crippen LogP contribution in [0.4, 0.5) is 11.6 Å². The van der Waals surface area contributed by atoms with Crippen LogP contribution in [0.25, 0.3) is 11.3 Å². The van der Waals surface area contributed by atoms with Gasteiger partial charge in [0.15, 0.2) is 6.61 Å². The molecule has 1 aromatic carbocycles. The maximum absolute atomic E-state index is 6.50. The number of morpholine rings is 1. The molecule has 1 atom stereocenters. The fourth-order valence-corrected chi connectivity index (χ4v) is 6.30. The molecule has 0 radical (unpaired) electrons. The first kappa shape index (κ1) is 31.1. The summed E-state index contributed by atoms with van der Waals surface area (Å²) in [6, 6.07) is 8.28. The predicted molar refractivity (Wildman–Crippen MR) is 173 cm³/mol. The first-order valence-electron chi connectivity index (χ1n) is 15.9. The molecule has 5 aromatic rings. The van der Waals surface area contributed by atoms with Crippen molar-refractivity contribution in [2.24, 2.45) is 0 Å². The quantitative estimate of drug-likeness (QED) is 0.188. The van der Waals surface area contributed by atoms with E-state index in [0.717, 1.165) is 57.6 Å². The van der Waals surface area contributed by atoms with Crippen LogP contribution in [0.1, 0.15) is 44.5 Å². The number of halogens is 1. The Morgan fingerprint density at radius 2 is 1.91 bits per heavy atom. The largest absolute Gasteiger partial charge is 0.487 e. The lowest BCUT2D eigenvalue weighted by molar-refractivity contribution is 0.00502. The monoisotopic (exact) mass is 660 g/mol. The molecule has 7 rings (SSSR count). The lowest BCUT2D eigenvalue weighted by Crippen LogP contribution is -2.45. The highest BCUT2D eigenvalue weighted by atomic mass is 35.5. The molecule has 1 aliphatic carbocycles. The van der Waals surface area contributed by atoms with E-state index in [0.29, 0.717) is 52.5 Å². The number of nitrogens with zero attached hydrogens (tertiary/aromatic N) is 9. The van der Waals surface area contributed by atoms with Crippen molar-refractivity contribution >= 4 is 23.2 Å². The zero-order valence-corrected chi connectivity index (χ0v) is 26.9. The molecule has 4 aromatic heterocycles. The van der Waals surface area contributed by atoms with Crippen molar-refractivity contribution in [3.63, 3.8) is 0 Å². The van der Waals surface area contributed by atoms with Gasteiger partial charge in [0.05, 0.1) is 48.9 Å². The smallest absolute Gasteiger partial charge is 0.257 e. The molecule has 5 heterocycles. The van der Waals surface area contributed by atoms with Crippen LogP contribution in [0.15, 0.2) is 66.2 Å². The molecule has 1 saturated carbocycles. The number of aromatic nitrogens is 8. The molecule has 0 spiro atoms. The Kier molecular flexibility index (Phi) is 9.58. The molecule has 0 unspecified atom stereocenters. The van der Waals surface area contributed by atoms with E-state index < -0.39 is 0 Å². The van der Waals surface area contributed by atoms with Crippen molar-refractivity contribution in [3.05, 3.63) is 72.7 Å². The Balaban J connectivity index is 1.07. The Morgan fingerprint density at radius 3 is 2.70 bits per heavy atom. The summed E-state index contributed by atoms with van der Waals surface area (Å²) in [6.45, 7) is 6.29. The molecule has 1 aliphatic heterocycles. The van der Waals surface area contributed by atoms with E-state index in [1.54, 1.807) is 29.5 Å². The van der Waals surface area contributed by atoms with Gasteiger partial charge in [0.1, 0.15) is 36.5 Å². The summed E-state index contributed by atoms with van der Waals surface area (Å²) in [6.07, 6.45) is 14.1. The Bertz CT molecular complexity index is 1720. The summed E-state index contributed by atoms with van der Waals surface area (Å²) in [7, 11) is 0. The van der Waals surface area contributed by atoms with Crippen molar-refractivity contribution in [1.82, 2.24) is 44.4 Å². The highest BCUT2D eigenvalue weighted by Crippen LogP contribution is 2.36. The molecule has 14 nitrogen and oxygen atoms in total. The highest BCUT2D eigenvalue weighted by molar-refractivity contribution is 6.32. The van der Waals surface area contributed by atoms with Crippen LogP contribution in [-0.4, -0.2) is 82.8 Å². The zero-order valence-electron chi connectivity index (χ0n) is 26.1. The third-order valence-electron chi connectivity index (χ3n) is 8.48. The molecular weight excluding hydrogens is 624 g/mol. The molecule has 0 bridgehead atoms. The van der Waals surface area contributed by atoms with E-state index in [9.17, 15) is 0 Å². The van der Waals surface area contributed by atoms with Crippen molar-refractivity contribution in [1.29, 1.82) is 0 Å². The molecule has 1 N–H and O–H groups in total. The average molecular weight is 661 g/mol. The van der Waals surface area contributed by atoms with Crippen LogP contribution in [-0.2, 0) is 17.9 Å². The van der Waals surface area contributed by atoms with Crippen molar-refractivity contribution in [2.45, 2.75) is 63.9 Å². The second kappa shape index (κ2) is 14.5. The Hall–Kier alpha value is -4.53. The van der Waals surface area contributed by atoms with E-state index in [1.165, 1.54) is 12.6 Å². The number of hydrogen-bond acceptors (Lipinski definition) is 12. The summed E-state index contributed by atoms with van der Waals surface area (Å²) < 4.78 is 26.9. The summed E-state index contributed by atoms with van der Waals surface area (Å²) in [5, 5.41) is 12.8. The standard InChI is InChI=1S/C32H37ClN10O4/c1-22(17-42-21-34-20-37-42)47-29-16-23(2-7-26(29)33)27-8-9-36-32(38-27)39-28-18-43(40-31(28)46-19-30-35-10-13-45-30)25-5-3-24(4-6-25)41-11-14-44-15-12-41/h2,7-10,13,16,18,20-22,24-25H,3-6,11-12,14-15,17,19H2,1H3,(H,36,38,39)/t22-,24?,25?/m0/s1. The van der Waals surface area contributed by atoms with Gasteiger partial charge >= 0.3 is 0 Å². The summed E-state index contributed by atoms with van der Waals surface area (Å²) >= 11 is 6.50. The number of nitrogens with one attached hydrogen (secondary N) is 1. The fourth-order valence-electron chi connectivity index (χ4n) is 6.14. The van der Waals surface area contributed by atoms with Gasteiger partial charge in [-0.25, -0.2) is 24.6 Å². The van der Waals surface area contributed by atoms with Gasteiger partial charge in [0.25, 0.3) is 5.88 Å². The lowest BCUT2D eigenvalue weighted by Gasteiger charge is -2.38. The van der Waals surface area contributed by atoms with E-state index in [1.807, 2.05) is 36.0 Å². The summed E-state index contributed by atoms with van der Waals surface area (Å²) in [5.41, 5.74) is 2.19. The van der Waals surface area contributed by atoms with Gasteiger partial charge < -0.3 is 23.9 Å². The minimum Gasteiger partial charge on any atom is -0.487 e. The van der Waals surface area contributed by atoms with Crippen molar-refractivity contribution in [2.75, 3.05) is 31.6 Å². The number of ether oxygens (including phenoxy) is 3. The van der Waals surface area contributed by atoms with Crippen LogP contribution in [0.5, 0.6) is 11.6 Å². The number of rotatable bonds is 12. The third kappa shape index (κ3) is 7.72. The van der Waals surface area contributed by atoms with Gasteiger partial charge in [0, 0.05) is 30.9 Å². The van der Waals surface area contributed by atoms with Gasteiger partial charge in [-0.3, -0.25) is 9.58 Å². The highest BCUT2D eigenvalue weighted by Gasteiger charge is 2.29. The lowest BCUT2D eigenvalue weighted by atomic mass is 9.90. The molecule has 1 saturated heterocycles. The predicted octanol–water partition coefficient (Wildman–Crippen LogP) is 5.18. The van der Waals surface area contributed by atoms with E-state index >= 15 is 0 Å². The van der Waals surface area contributed by atoms with E-state index in [2.05, 4.69) is 30.3 Å². The van der Waals surface area contributed by atoms with Gasteiger partial charge in [-0.05, 0) is 50.8 Å².